The third kappa shape index (κ3) is 4.75. The van der Waals surface area contributed by atoms with Gasteiger partial charge in [-0.05, 0) is 79.0 Å². The number of ether oxygens (including phenoxy) is 2. The number of rotatable bonds is 6. The summed E-state index contributed by atoms with van der Waals surface area (Å²) in [5, 5.41) is 4.13. The number of halogens is 2. The van der Waals surface area contributed by atoms with Gasteiger partial charge in [-0.3, -0.25) is 9.59 Å². The lowest BCUT2D eigenvalue weighted by Crippen LogP contribution is -2.36. The van der Waals surface area contributed by atoms with Gasteiger partial charge in [-0.1, -0.05) is 29.8 Å². The highest BCUT2D eigenvalue weighted by atomic mass is 127. The maximum Gasteiger partial charge on any atom is 0.174 e. The van der Waals surface area contributed by atoms with Gasteiger partial charge in [-0.25, -0.2) is 0 Å². The average Bonchev–Trinajstić information content (AvgIpc) is 2.84. The first-order valence-electron chi connectivity index (χ1n) is 12.1. The number of ketones is 2. The Morgan fingerprint density at radius 2 is 1.63 bits per heavy atom. The van der Waals surface area contributed by atoms with Crippen LogP contribution in [-0.4, -0.2) is 18.2 Å². The molecule has 1 N–H and O–H groups in total. The lowest BCUT2D eigenvalue weighted by Gasteiger charge is -2.37. The summed E-state index contributed by atoms with van der Waals surface area (Å²) >= 11 is 8.57. The minimum atomic E-state index is -0.368. The highest BCUT2D eigenvalue weighted by Gasteiger charge is 2.40. The van der Waals surface area contributed by atoms with Gasteiger partial charge in [0.2, 0.25) is 0 Å². The first-order valence-corrected chi connectivity index (χ1v) is 13.6. The van der Waals surface area contributed by atoms with Gasteiger partial charge in [0.05, 0.1) is 10.2 Å². The molecule has 0 aromatic heterocycles. The van der Waals surface area contributed by atoms with Crippen LogP contribution in [0, 0.1) is 3.57 Å². The number of dihydropyridines is 1. The maximum atomic E-state index is 13.1. The molecule has 2 aromatic carbocycles. The zero-order valence-corrected chi connectivity index (χ0v) is 22.5. The van der Waals surface area contributed by atoms with Crippen molar-refractivity contribution in [3.8, 4) is 11.5 Å². The summed E-state index contributed by atoms with van der Waals surface area (Å²) in [6.45, 7) is 2.70. The fraction of sp³-hybridized carbons (Fsp3) is 0.357. The van der Waals surface area contributed by atoms with Gasteiger partial charge in [-0.2, -0.15) is 0 Å². The monoisotopic (exact) mass is 603 g/mol. The molecule has 1 aliphatic heterocycles. The Morgan fingerprint density at radius 1 is 0.971 bits per heavy atom. The van der Waals surface area contributed by atoms with Gasteiger partial charge in [0.25, 0.3) is 0 Å². The van der Waals surface area contributed by atoms with E-state index in [0.29, 0.717) is 42.6 Å². The molecule has 0 fully saturated rings. The molecule has 0 spiro atoms. The Labute approximate surface area is 224 Å². The number of nitrogens with one attached hydrogen (secondary N) is 1. The summed E-state index contributed by atoms with van der Waals surface area (Å²) in [5.74, 6) is 1.13. The van der Waals surface area contributed by atoms with Crippen molar-refractivity contribution in [3.63, 3.8) is 0 Å². The van der Waals surface area contributed by atoms with Gasteiger partial charge in [0.15, 0.2) is 23.1 Å². The molecule has 182 valence electrons. The molecule has 5 rings (SSSR count). The number of hydrogen-bond acceptors (Lipinski definition) is 5. The second-order valence-electron chi connectivity index (χ2n) is 9.04. The van der Waals surface area contributed by atoms with Crippen molar-refractivity contribution in [2.24, 2.45) is 0 Å². The fourth-order valence-corrected chi connectivity index (χ4v) is 6.21. The van der Waals surface area contributed by atoms with Gasteiger partial charge in [0, 0.05) is 51.9 Å². The Morgan fingerprint density at radius 3 is 2.26 bits per heavy atom. The third-order valence-corrected chi connectivity index (χ3v) is 7.96. The normalized spacial score (nSPS) is 18.3. The molecule has 0 bridgehead atoms. The largest absolute Gasteiger partial charge is 0.490 e. The quantitative estimate of drug-likeness (QED) is 0.376. The van der Waals surface area contributed by atoms with E-state index in [1.165, 1.54) is 0 Å². The predicted molar refractivity (Wildman–Crippen MR) is 144 cm³/mol. The molecule has 3 aliphatic rings. The zero-order chi connectivity index (χ0) is 24.5. The van der Waals surface area contributed by atoms with Crippen LogP contribution in [0.5, 0.6) is 11.5 Å². The molecule has 5 nitrogen and oxygen atoms in total. The van der Waals surface area contributed by atoms with Crippen LogP contribution in [0.25, 0.3) is 0 Å². The first kappa shape index (κ1) is 24.4. The van der Waals surface area contributed by atoms with E-state index >= 15 is 0 Å². The molecule has 0 radical (unpaired) electrons. The van der Waals surface area contributed by atoms with Gasteiger partial charge in [0.1, 0.15) is 6.61 Å². The summed E-state index contributed by atoms with van der Waals surface area (Å²) in [4.78, 5) is 26.3. The Hall–Kier alpha value is -2.32. The minimum Gasteiger partial charge on any atom is -0.490 e. The van der Waals surface area contributed by atoms with Gasteiger partial charge >= 0.3 is 0 Å². The van der Waals surface area contributed by atoms with Gasteiger partial charge < -0.3 is 14.8 Å². The molecule has 7 heteroatoms. The van der Waals surface area contributed by atoms with E-state index in [1.54, 1.807) is 0 Å². The average molecular weight is 604 g/mol. The smallest absolute Gasteiger partial charge is 0.174 e. The molecule has 0 unspecified atom stereocenters. The summed E-state index contributed by atoms with van der Waals surface area (Å²) < 4.78 is 13.1. The van der Waals surface area contributed by atoms with Crippen molar-refractivity contribution in [3.05, 3.63) is 78.7 Å². The number of carbonyl (C=O) groups is 2. The first-order chi connectivity index (χ1) is 17.0. The van der Waals surface area contributed by atoms with Crippen LogP contribution in [-0.2, 0) is 16.2 Å². The lowest BCUT2D eigenvalue weighted by atomic mass is 9.71. The van der Waals surface area contributed by atoms with Crippen LogP contribution >= 0.6 is 34.2 Å². The molecular weight excluding hydrogens is 577 g/mol. The van der Waals surface area contributed by atoms with E-state index in [1.807, 2.05) is 43.3 Å². The van der Waals surface area contributed by atoms with Crippen LogP contribution < -0.4 is 14.8 Å². The van der Waals surface area contributed by atoms with Crippen LogP contribution in [0.4, 0.5) is 0 Å². The topological polar surface area (TPSA) is 64.6 Å². The fourth-order valence-electron chi connectivity index (χ4n) is 5.24. The van der Waals surface area contributed by atoms with E-state index < -0.39 is 0 Å². The van der Waals surface area contributed by atoms with Crippen molar-refractivity contribution in [2.45, 2.75) is 58.0 Å². The SMILES string of the molecule is CCOc1cc(C2C3=C(CCCC3=O)NC3=C2C(=O)CCC3)cc(I)c1OCc1ccccc1Cl. The standard InChI is InChI=1S/C28H27ClINO4/c1-2-34-24-14-17(13-19(30)28(24)35-15-16-7-3-4-8-18(16)29)25-26-20(9-5-11-22(26)32)31-21-10-6-12-23(33)27(21)25/h3-4,7-8,13-14,25,31H,2,5-6,9-12,15H2,1H3. The van der Waals surface area contributed by atoms with Crippen molar-refractivity contribution >= 4 is 45.8 Å². The highest BCUT2D eigenvalue weighted by molar-refractivity contribution is 14.1. The Kier molecular flexibility index (Phi) is 7.21. The molecule has 0 saturated carbocycles. The summed E-state index contributed by atoms with van der Waals surface area (Å²) in [7, 11) is 0. The van der Waals surface area contributed by atoms with Crippen LogP contribution in [0.3, 0.4) is 0 Å². The summed E-state index contributed by atoms with van der Waals surface area (Å²) in [5.41, 5.74) is 5.23. The molecular formula is C28H27ClINO4. The third-order valence-electron chi connectivity index (χ3n) is 6.79. The van der Waals surface area contributed by atoms with E-state index in [4.69, 9.17) is 21.1 Å². The Balaban J connectivity index is 1.58. The van der Waals surface area contributed by atoms with Crippen LogP contribution in [0.2, 0.25) is 5.02 Å². The minimum absolute atomic E-state index is 0.126. The van der Waals surface area contributed by atoms with Crippen molar-refractivity contribution in [1.29, 1.82) is 0 Å². The second kappa shape index (κ2) is 10.3. The molecule has 0 atom stereocenters. The second-order valence-corrected chi connectivity index (χ2v) is 10.6. The maximum absolute atomic E-state index is 13.1. The number of allylic oxidation sites excluding steroid dienone is 4. The van der Waals surface area contributed by atoms with E-state index in [0.717, 1.165) is 62.9 Å². The summed E-state index contributed by atoms with van der Waals surface area (Å²) in [6, 6.07) is 11.6. The highest BCUT2D eigenvalue weighted by Crippen LogP contribution is 2.47. The van der Waals surface area contributed by atoms with Crippen LogP contribution in [0.15, 0.2) is 58.9 Å². The van der Waals surface area contributed by atoms with Crippen molar-refractivity contribution < 1.29 is 19.1 Å². The molecule has 2 aliphatic carbocycles. The summed E-state index contributed by atoms with van der Waals surface area (Å²) in [6.07, 6.45) is 4.37. The number of benzene rings is 2. The number of carbonyl (C=O) groups excluding carboxylic acids is 2. The van der Waals surface area contributed by atoms with E-state index in [2.05, 4.69) is 27.9 Å². The molecule has 2 aromatic rings. The van der Waals surface area contributed by atoms with Crippen molar-refractivity contribution in [1.82, 2.24) is 5.32 Å². The Bertz CT molecular complexity index is 1220. The zero-order valence-electron chi connectivity index (χ0n) is 19.6. The van der Waals surface area contributed by atoms with E-state index in [9.17, 15) is 9.59 Å². The number of hydrogen-bond donors (Lipinski definition) is 1. The molecule has 35 heavy (non-hydrogen) atoms. The van der Waals surface area contributed by atoms with Gasteiger partial charge in [-0.15, -0.1) is 0 Å². The number of Topliss-reactive ketones (excluding diaryl/α,β-unsaturated/α-hetero) is 2. The predicted octanol–water partition coefficient (Wildman–Crippen LogP) is 6.62. The van der Waals surface area contributed by atoms with Crippen LogP contribution in [0.1, 0.15) is 62.5 Å². The van der Waals surface area contributed by atoms with Crippen molar-refractivity contribution in [2.75, 3.05) is 6.61 Å². The molecule has 1 heterocycles. The lowest BCUT2D eigenvalue weighted by molar-refractivity contribution is -0.116. The van der Waals surface area contributed by atoms with E-state index in [-0.39, 0.29) is 17.5 Å². The molecule has 0 amide bonds. The molecule has 0 saturated heterocycles.